The number of hydrogen-bond donors (Lipinski definition) is 1. The molecule has 12 heteroatoms. The van der Waals surface area contributed by atoms with Crippen LogP contribution in [0.4, 0.5) is 13.2 Å². The molecule has 35 heavy (non-hydrogen) atoms. The Morgan fingerprint density at radius 1 is 1.23 bits per heavy atom. The van der Waals surface area contributed by atoms with Gasteiger partial charge in [-0.25, -0.2) is 4.79 Å². The van der Waals surface area contributed by atoms with Crippen molar-refractivity contribution in [1.82, 2.24) is 14.7 Å². The third kappa shape index (κ3) is 5.88. The Morgan fingerprint density at radius 2 is 1.91 bits per heavy atom. The number of fused-ring (bicyclic) bond motifs is 1. The number of nitrogens with zero attached hydrogens (tertiary/aromatic N) is 3. The maximum absolute atomic E-state index is 13.4. The lowest BCUT2D eigenvalue weighted by atomic mass is 10.0. The molecule has 0 radical (unpaired) electrons. The number of carboxylic acid groups (broad SMARTS) is 1. The van der Waals surface area contributed by atoms with E-state index in [1.807, 2.05) is 36.2 Å². The van der Waals surface area contributed by atoms with Gasteiger partial charge in [-0.2, -0.15) is 18.3 Å². The Hall–Kier alpha value is -2.82. The monoisotopic (exact) mass is 533 g/mol. The van der Waals surface area contributed by atoms with Crippen LogP contribution >= 0.6 is 23.2 Å². The van der Waals surface area contributed by atoms with E-state index in [9.17, 15) is 18.0 Å². The standard InChI is InChI=1S/C21H21Cl2N3O2.C2HF3O2.H2/c1-25-20(21(27)26-10-4-5-14(26)12-28-2)17-7-3-6-16(19(17)24-25)15-9-8-13(22)11-18(15)23;3-2(4,5)1(6)7;/h3,6-9,11,14H,4-5,10,12H2,1-2H3;(H,6,7);1H/t14-;;/m0../s1. The van der Waals surface area contributed by atoms with Crippen molar-refractivity contribution in [2.45, 2.75) is 25.1 Å². The van der Waals surface area contributed by atoms with Crippen LogP contribution in [0, 0.1) is 0 Å². The number of alkyl halides is 3. The fourth-order valence-corrected chi connectivity index (χ4v) is 4.51. The molecule has 1 aliphatic rings. The van der Waals surface area contributed by atoms with Crippen LogP contribution in [0.2, 0.25) is 10.0 Å². The van der Waals surface area contributed by atoms with E-state index in [1.54, 1.807) is 23.9 Å². The van der Waals surface area contributed by atoms with Gasteiger partial charge in [-0.3, -0.25) is 9.48 Å². The van der Waals surface area contributed by atoms with Crippen molar-refractivity contribution in [1.29, 1.82) is 0 Å². The summed E-state index contributed by atoms with van der Waals surface area (Å²) in [7, 11) is 3.48. The Labute approximate surface area is 210 Å². The number of aryl methyl sites for hydroxylation is 1. The molecule has 0 unspecified atom stereocenters. The summed E-state index contributed by atoms with van der Waals surface area (Å²) in [6, 6.07) is 11.3. The number of rotatable bonds is 4. The van der Waals surface area contributed by atoms with Crippen molar-refractivity contribution >= 4 is 46.0 Å². The lowest BCUT2D eigenvalue weighted by Gasteiger charge is -2.24. The van der Waals surface area contributed by atoms with Crippen LogP contribution in [0.25, 0.3) is 22.0 Å². The quantitative estimate of drug-likeness (QED) is 0.466. The molecular weight excluding hydrogens is 510 g/mol. The average molecular weight is 534 g/mol. The molecule has 4 rings (SSSR count). The second-order valence-corrected chi connectivity index (χ2v) is 8.69. The van der Waals surface area contributed by atoms with Crippen molar-refractivity contribution in [3.63, 3.8) is 0 Å². The third-order valence-electron chi connectivity index (χ3n) is 5.53. The number of carbonyl (C=O) groups is 2. The molecule has 1 N–H and O–H groups in total. The molecule has 0 bridgehead atoms. The summed E-state index contributed by atoms with van der Waals surface area (Å²) < 4.78 is 38.7. The topological polar surface area (TPSA) is 84.7 Å². The number of likely N-dealkylation sites (tertiary alicyclic amines) is 1. The Bertz CT molecular complexity index is 1250. The molecule has 1 fully saturated rings. The van der Waals surface area contributed by atoms with Crippen molar-refractivity contribution in [3.05, 3.63) is 52.1 Å². The molecule has 7 nitrogen and oxygen atoms in total. The molecule has 190 valence electrons. The van der Waals surface area contributed by atoms with E-state index in [-0.39, 0.29) is 13.4 Å². The minimum Gasteiger partial charge on any atom is -0.475 e. The number of amides is 1. The number of aliphatic carboxylic acids is 1. The normalized spacial score (nSPS) is 15.7. The third-order valence-corrected chi connectivity index (χ3v) is 6.08. The van der Waals surface area contributed by atoms with Gasteiger partial charge in [0.15, 0.2) is 0 Å². The zero-order chi connectivity index (χ0) is 25.9. The molecule has 1 saturated heterocycles. The summed E-state index contributed by atoms with van der Waals surface area (Å²) in [5.74, 6) is -2.77. The molecule has 2 heterocycles. The van der Waals surface area contributed by atoms with Gasteiger partial charge in [0.25, 0.3) is 5.91 Å². The highest BCUT2D eigenvalue weighted by molar-refractivity contribution is 6.36. The molecular formula is C23H24Cl2F3N3O4. The highest BCUT2D eigenvalue weighted by Gasteiger charge is 2.38. The number of carbonyl (C=O) groups excluding carboxylic acids is 1. The van der Waals surface area contributed by atoms with Crippen LogP contribution in [0.5, 0.6) is 0 Å². The molecule has 1 aliphatic heterocycles. The van der Waals surface area contributed by atoms with E-state index < -0.39 is 12.1 Å². The highest BCUT2D eigenvalue weighted by Crippen LogP contribution is 2.36. The summed E-state index contributed by atoms with van der Waals surface area (Å²) in [6.45, 7) is 1.29. The largest absolute Gasteiger partial charge is 0.490 e. The Kier molecular flexibility index (Phi) is 8.30. The maximum atomic E-state index is 13.4. The molecule has 0 spiro atoms. The first-order valence-electron chi connectivity index (χ1n) is 10.5. The van der Waals surface area contributed by atoms with Gasteiger partial charge in [0.05, 0.1) is 12.6 Å². The van der Waals surface area contributed by atoms with Gasteiger partial charge in [0.1, 0.15) is 11.2 Å². The van der Waals surface area contributed by atoms with E-state index in [2.05, 4.69) is 5.10 Å². The van der Waals surface area contributed by atoms with E-state index in [0.717, 1.165) is 41.4 Å². The number of ether oxygens (including phenoxy) is 1. The number of hydrogen-bond acceptors (Lipinski definition) is 4. The van der Waals surface area contributed by atoms with Gasteiger partial charge in [0, 0.05) is 48.7 Å². The highest BCUT2D eigenvalue weighted by atomic mass is 35.5. The van der Waals surface area contributed by atoms with Gasteiger partial charge in [-0.15, -0.1) is 0 Å². The van der Waals surface area contributed by atoms with Crippen LogP contribution in [0.15, 0.2) is 36.4 Å². The maximum Gasteiger partial charge on any atom is 0.490 e. The molecule has 1 atom stereocenters. The van der Waals surface area contributed by atoms with Gasteiger partial charge in [0.2, 0.25) is 0 Å². The minimum atomic E-state index is -5.08. The van der Waals surface area contributed by atoms with Gasteiger partial charge >= 0.3 is 12.1 Å². The van der Waals surface area contributed by atoms with Crippen LogP contribution in [0.1, 0.15) is 24.8 Å². The average Bonchev–Trinajstić information content (AvgIpc) is 3.37. The molecule has 2 aromatic carbocycles. The van der Waals surface area contributed by atoms with E-state index >= 15 is 0 Å². The zero-order valence-corrected chi connectivity index (χ0v) is 20.3. The Balaban J connectivity index is 0.000000503. The number of carboxylic acids is 1. The first-order chi connectivity index (χ1) is 16.5. The summed E-state index contributed by atoms with van der Waals surface area (Å²) >= 11 is 12.5. The molecule has 0 aliphatic carbocycles. The molecule has 3 aromatic rings. The number of halogens is 5. The fourth-order valence-electron chi connectivity index (χ4n) is 4.00. The molecule has 1 aromatic heterocycles. The van der Waals surface area contributed by atoms with E-state index in [0.29, 0.717) is 22.3 Å². The first-order valence-corrected chi connectivity index (χ1v) is 11.2. The van der Waals surface area contributed by atoms with Crippen LogP contribution in [0.3, 0.4) is 0 Å². The smallest absolute Gasteiger partial charge is 0.475 e. The van der Waals surface area contributed by atoms with Gasteiger partial charge < -0.3 is 14.7 Å². The first kappa shape index (κ1) is 26.8. The number of aromatic nitrogens is 2. The van der Waals surface area contributed by atoms with Crippen LogP contribution < -0.4 is 0 Å². The molecule has 0 saturated carbocycles. The minimum absolute atomic E-state index is 0. The summed E-state index contributed by atoms with van der Waals surface area (Å²) in [5.41, 5.74) is 3.06. The zero-order valence-electron chi connectivity index (χ0n) is 18.8. The SMILES string of the molecule is COC[C@@H]1CCCN1C(=O)c1c2cccc(-c3ccc(Cl)cc3Cl)c2nn1C.O=C(O)C(F)(F)F.[HH]. The summed E-state index contributed by atoms with van der Waals surface area (Å²) in [4.78, 5) is 24.2. The summed E-state index contributed by atoms with van der Waals surface area (Å²) in [6.07, 6.45) is -3.14. The number of benzene rings is 2. The van der Waals surface area contributed by atoms with Crippen molar-refractivity contribution in [2.75, 3.05) is 20.3 Å². The van der Waals surface area contributed by atoms with Crippen molar-refractivity contribution in [2.24, 2.45) is 7.05 Å². The number of methoxy groups -OCH3 is 1. The van der Waals surface area contributed by atoms with Crippen molar-refractivity contribution < 1.29 is 34.0 Å². The Morgan fingerprint density at radius 3 is 2.51 bits per heavy atom. The predicted molar refractivity (Wildman–Crippen MR) is 128 cm³/mol. The predicted octanol–water partition coefficient (Wildman–Crippen LogP) is 5.68. The van der Waals surface area contributed by atoms with Crippen LogP contribution in [-0.4, -0.2) is 64.1 Å². The lowest BCUT2D eigenvalue weighted by Crippen LogP contribution is -2.39. The van der Waals surface area contributed by atoms with Crippen molar-refractivity contribution in [3.8, 4) is 11.1 Å². The van der Waals surface area contributed by atoms with Gasteiger partial charge in [-0.1, -0.05) is 47.5 Å². The van der Waals surface area contributed by atoms with Crippen LogP contribution in [-0.2, 0) is 16.6 Å². The fraction of sp³-hybridized carbons (Fsp3) is 0.348. The lowest BCUT2D eigenvalue weighted by molar-refractivity contribution is -0.192. The van der Waals surface area contributed by atoms with E-state index in [1.165, 1.54) is 0 Å². The van der Waals surface area contributed by atoms with Gasteiger partial charge in [-0.05, 0) is 25.0 Å². The second kappa shape index (κ2) is 10.8. The summed E-state index contributed by atoms with van der Waals surface area (Å²) in [5, 5.41) is 13.7. The second-order valence-electron chi connectivity index (χ2n) is 7.85. The molecule has 1 amide bonds. The van der Waals surface area contributed by atoms with E-state index in [4.69, 9.17) is 37.8 Å².